The molecule has 0 aromatic rings. The Morgan fingerprint density at radius 1 is 1.26 bits per heavy atom. The highest BCUT2D eigenvalue weighted by Crippen LogP contribution is 2.38. The van der Waals surface area contributed by atoms with Crippen molar-refractivity contribution in [3.05, 3.63) is 0 Å². The van der Waals surface area contributed by atoms with Crippen molar-refractivity contribution >= 4 is 0 Å². The minimum atomic E-state index is 0.250. The summed E-state index contributed by atoms with van der Waals surface area (Å²) in [4.78, 5) is 2.64. The van der Waals surface area contributed by atoms with Crippen LogP contribution < -0.4 is 5.73 Å². The second-order valence-electron chi connectivity index (χ2n) is 6.47. The molecule has 2 N–H and O–H groups in total. The van der Waals surface area contributed by atoms with Crippen LogP contribution in [0.5, 0.6) is 0 Å². The Balaban J connectivity index is 2.02. The molecule has 3 unspecified atom stereocenters. The molecule has 3 heteroatoms. The Kier molecular flexibility index (Phi) is 5.67. The van der Waals surface area contributed by atoms with Crippen molar-refractivity contribution < 1.29 is 4.74 Å². The Hall–Kier alpha value is -0.120. The molecular formula is C16H32N2O. The van der Waals surface area contributed by atoms with E-state index in [9.17, 15) is 0 Å². The molecule has 1 saturated heterocycles. The third-order valence-corrected chi connectivity index (χ3v) is 5.38. The first-order chi connectivity index (χ1) is 9.24. The van der Waals surface area contributed by atoms with Gasteiger partial charge in [-0.25, -0.2) is 0 Å². The van der Waals surface area contributed by atoms with Gasteiger partial charge in [-0.2, -0.15) is 0 Å². The lowest BCUT2D eigenvalue weighted by Crippen LogP contribution is -2.58. The van der Waals surface area contributed by atoms with Crippen LogP contribution >= 0.6 is 0 Å². The molecule has 2 rings (SSSR count). The van der Waals surface area contributed by atoms with Gasteiger partial charge in [0.2, 0.25) is 0 Å². The number of hydrogen-bond donors (Lipinski definition) is 1. The molecule has 0 aromatic carbocycles. The van der Waals surface area contributed by atoms with Gasteiger partial charge in [0.15, 0.2) is 0 Å². The third kappa shape index (κ3) is 3.50. The molecule has 112 valence electrons. The van der Waals surface area contributed by atoms with Gasteiger partial charge in [-0.05, 0) is 38.1 Å². The predicted octanol–water partition coefficient (Wildman–Crippen LogP) is 2.79. The van der Waals surface area contributed by atoms with Gasteiger partial charge in [0.25, 0.3) is 0 Å². The van der Waals surface area contributed by atoms with Gasteiger partial charge in [-0.15, -0.1) is 0 Å². The van der Waals surface area contributed by atoms with Crippen LogP contribution in [-0.2, 0) is 4.74 Å². The summed E-state index contributed by atoms with van der Waals surface area (Å²) in [7, 11) is 0. The van der Waals surface area contributed by atoms with Crippen LogP contribution in [0.1, 0.15) is 58.8 Å². The van der Waals surface area contributed by atoms with Crippen LogP contribution in [0.2, 0.25) is 0 Å². The summed E-state index contributed by atoms with van der Waals surface area (Å²) in [5.41, 5.74) is 6.47. The fourth-order valence-corrected chi connectivity index (χ4v) is 4.10. The molecule has 0 amide bonds. The quantitative estimate of drug-likeness (QED) is 0.805. The Labute approximate surface area is 118 Å². The predicted molar refractivity (Wildman–Crippen MR) is 80.3 cm³/mol. The van der Waals surface area contributed by atoms with Crippen LogP contribution in [0, 0.1) is 5.92 Å². The average Bonchev–Trinajstić information content (AvgIpc) is 2.97. The molecule has 2 fully saturated rings. The first-order valence-electron chi connectivity index (χ1n) is 8.30. The van der Waals surface area contributed by atoms with Crippen molar-refractivity contribution in [1.29, 1.82) is 0 Å². The van der Waals surface area contributed by atoms with E-state index in [1.54, 1.807) is 0 Å². The maximum atomic E-state index is 6.22. The van der Waals surface area contributed by atoms with E-state index in [1.807, 2.05) is 0 Å². The fraction of sp³-hybridized carbons (Fsp3) is 1.00. The highest BCUT2D eigenvalue weighted by Gasteiger charge is 2.40. The molecule has 3 nitrogen and oxygen atoms in total. The van der Waals surface area contributed by atoms with E-state index in [2.05, 4.69) is 18.7 Å². The average molecular weight is 268 g/mol. The lowest BCUT2D eigenvalue weighted by Gasteiger charge is -2.48. The summed E-state index contributed by atoms with van der Waals surface area (Å²) < 4.78 is 5.84. The van der Waals surface area contributed by atoms with E-state index in [1.165, 1.54) is 44.9 Å². The van der Waals surface area contributed by atoms with Gasteiger partial charge in [0.05, 0.1) is 6.10 Å². The lowest BCUT2D eigenvalue weighted by molar-refractivity contribution is -0.00492. The molecule has 0 aromatic heterocycles. The maximum absolute atomic E-state index is 6.22. The van der Waals surface area contributed by atoms with Gasteiger partial charge >= 0.3 is 0 Å². The maximum Gasteiger partial charge on any atom is 0.0703 e. The number of likely N-dealkylation sites (N-methyl/N-ethyl adjacent to an activating group) is 1. The van der Waals surface area contributed by atoms with Crippen LogP contribution in [0.3, 0.4) is 0 Å². The fourth-order valence-electron chi connectivity index (χ4n) is 4.10. The summed E-state index contributed by atoms with van der Waals surface area (Å²) in [5.74, 6) is 0.871. The van der Waals surface area contributed by atoms with Crippen LogP contribution in [0.25, 0.3) is 0 Å². The number of nitrogens with zero attached hydrogens (tertiary/aromatic N) is 1. The van der Waals surface area contributed by atoms with Crippen molar-refractivity contribution in [1.82, 2.24) is 4.90 Å². The van der Waals surface area contributed by atoms with Crippen molar-refractivity contribution in [2.45, 2.75) is 70.4 Å². The van der Waals surface area contributed by atoms with Crippen LogP contribution in [0.4, 0.5) is 0 Å². The minimum absolute atomic E-state index is 0.250. The molecule has 1 aliphatic heterocycles. The summed E-state index contributed by atoms with van der Waals surface area (Å²) in [6, 6.07) is 0. The van der Waals surface area contributed by atoms with E-state index in [0.717, 1.165) is 32.2 Å². The summed E-state index contributed by atoms with van der Waals surface area (Å²) in [6.07, 6.45) is 9.53. The van der Waals surface area contributed by atoms with E-state index >= 15 is 0 Å². The summed E-state index contributed by atoms with van der Waals surface area (Å²) in [6.45, 7) is 8.56. The van der Waals surface area contributed by atoms with E-state index in [-0.39, 0.29) is 5.54 Å². The van der Waals surface area contributed by atoms with Crippen LogP contribution in [0.15, 0.2) is 0 Å². The molecule has 1 heterocycles. The molecule has 1 aliphatic carbocycles. The molecular weight excluding hydrogens is 236 g/mol. The van der Waals surface area contributed by atoms with E-state index in [4.69, 9.17) is 10.5 Å². The van der Waals surface area contributed by atoms with E-state index in [0.29, 0.717) is 6.10 Å². The molecule has 0 spiro atoms. The van der Waals surface area contributed by atoms with Gasteiger partial charge in [0.1, 0.15) is 0 Å². The highest BCUT2D eigenvalue weighted by atomic mass is 16.5. The molecule has 3 atom stereocenters. The number of ether oxygens (including phenoxy) is 1. The van der Waals surface area contributed by atoms with Crippen LogP contribution in [-0.4, -0.2) is 42.8 Å². The monoisotopic (exact) mass is 268 g/mol. The molecule has 19 heavy (non-hydrogen) atoms. The number of nitrogens with two attached hydrogens (primary N) is 1. The topological polar surface area (TPSA) is 38.5 Å². The largest absolute Gasteiger partial charge is 0.377 e. The van der Waals surface area contributed by atoms with Crippen molar-refractivity contribution in [3.8, 4) is 0 Å². The second-order valence-corrected chi connectivity index (χ2v) is 6.47. The standard InChI is InChI=1S/C16H32N2O/c1-3-14-7-5-9-16(11-14,13-17)18(4-2)12-15-8-6-10-19-15/h14-15H,3-13,17H2,1-2H3. The summed E-state index contributed by atoms with van der Waals surface area (Å²) in [5, 5.41) is 0. The third-order valence-electron chi connectivity index (χ3n) is 5.38. The smallest absolute Gasteiger partial charge is 0.0703 e. The first-order valence-corrected chi connectivity index (χ1v) is 8.30. The van der Waals surface area contributed by atoms with E-state index < -0.39 is 0 Å². The number of rotatable bonds is 6. The normalized spacial score (nSPS) is 36.0. The lowest BCUT2D eigenvalue weighted by atomic mass is 9.73. The Morgan fingerprint density at radius 3 is 2.68 bits per heavy atom. The molecule has 2 aliphatic rings. The van der Waals surface area contributed by atoms with Crippen molar-refractivity contribution in [3.63, 3.8) is 0 Å². The van der Waals surface area contributed by atoms with Crippen molar-refractivity contribution in [2.24, 2.45) is 11.7 Å². The zero-order chi connectivity index (χ0) is 13.7. The molecule has 1 saturated carbocycles. The zero-order valence-corrected chi connectivity index (χ0v) is 12.9. The van der Waals surface area contributed by atoms with Gasteiger partial charge in [0, 0.05) is 25.2 Å². The Bertz CT molecular complexity index is 265. The minimum Gasteiger partial charge on any atom is -0.377 e. The first kappa shape index (κ1) is 15.3. The highest BCUT2D eigenvalue weighted by molar-refractivity contribution is 4.97. The molecule has 0 radical (unpaired) electrons. The summed E-state index contributed by atoms with van der Waals surface area (Å²) >= 11 is 0. The van der Waals surface area contributed by atoms with Gasteiger partial charge < -0.3 is 10.5 Å². The SMILES string of the molecule is CCC1CCCC(CN)(N(CC)CC2CCCO2)C1. The van der Waals surface area contributed by atoms with Gasteiger partial charge in [-0.1, -0.05) is 33.1 Å². The molecule has 0 bridgehead atoms. The zero-order valence-electron chi connectivity index (χ0n) is 12.9. The van der Waals surface area contributed by atoms with Gasteiger partial charge in [-0.3, -0.25) is 4.90 Å². The van der Waals surface area contributed by atoms with Crippen molar-refractivity contribution in [2.75, 3.05) is 26.2 Å². The Morgan fingerprint density at radius 2 is 2.11 bits per heavy atom. The second kappa shape index (κ2) is 7.05. The number of hydrogen-bond acceptors (Lipinski definition) is 3.